The molecule has 1 fully saturated rings. The quantitative estimate of drug-likeness (QED) is 0.0989. The van der Waals surface area contributed by atoms with E-state index in [1.807, 2.05) is 0 Å². The summed E-state index contributed by atoms with van der Waals surface area (Å²) in [6.07, 6.45) is 24.7. The van der Waals surface area contributed by atoms with Gasteiger partial charge in [-0.05, 0) is 37.5 Å². The zero-order valence-corrected chi connectivity index (χ0v) is 25.2. The van der Waals surface area contributed by atoms with Crippen molar-refractivity contribution in [3.05, 3.63) is 0 Å². The van der Waals surface area contributed by atoms with Gasteiger partial charge in [-0.3, -0.25) is 9.59 Å². The lowest BCUT2D eigenvalue weighted by Gasteiger charge is -2.28. The van der Waals surface area contributed by atoms with E-state index in [0.29, 0.717) is 13.2 Å². The van der Waals surface area contributed by atoms with Crippen LogP contribution in [0.25, 0.3) is 0 Å². The molecule has 0 amide bonds. The molecule has 0 aliphatic heterocycles. The molecule has 37 heavy (non-hydrogen) atoms. The van der Waals surface area contributed by atoms with Crippen molar-refractivity contribution in [3.63, 3.8) is 0 Å². The largest absolute Gasteiger partial charge is 0.465 e. The lowest BCUT2D eigenvalue weighted by Crippen LogP contribution is -2.35. The number of hydrogen-bond donors (Lipinski definition) is 0. The highest BCUT2D eigenvalue weighted by Crippen LogP contribution is 2.32. The number of hydrogen-bond acceptors (Lipinski definition) is 4. The maximum atomic E-state index is 12.7. The minimum Gasteiger partial charge on any atom is -0.465 e. The molecular weight excluding hydrogens is 460 g/mol. The van der Waals surface area contributed by atoms with Gasteiger partial charge in [0.05, 0.1) is 25.0 Å². The molecule has 0 N–H and O–H groups in total. The Morgan fingerprint density at radius 3 is 1.14 bits per heavy atom. The van der Waals surface area contributed by atoms with Crippen LogP contribution in [0.3, 0.4) is 0 Å². The highest BCUT2D eigenvalue weighted by atomic mass is 16.5. The Morgan fingerprint density at radius 1 is 0.514 bits per heavy atom. The van der Waals surface area contributed by atoms with E-state index >= 15 is 0 Å². The summed E-state index contributed by atoms with van der Waals surface area (Å²) in [5, 5.41) is 0. The van der Waals surface area contributed by atoms with Gasteiger partial charge < -0.3 is 9.47 Å². The van der Waals surface area contributed by atoms with E-state index < -0.39 is 0 Å². The van der Waals surface area contributed by atoms with Crippen molar-refractivity contribution in [1.82, 2.24) is 0 Å². The molecule has 4 heteroatoms. The van der Waals surface area contributed by atoms with Crippen LogP contribution in [0.2, 0.25) is 0 Å². The van der Waals surface area contributed by atoms with Crippen LogP contribution in [0.1, 0.15) is 163 Å². The third kappa shape index (κ3) is 18.8. The van der Waals surface area contributed by atoms with Crippen molar-refractivity contribution in [2.45, 2.75) is 163 Å². The van der Waals surface area contributed by atoms with E-state index in [-0.39, 0.29) is 23.8 Å². The van der Waals surface area contributed by atoms with Crippen LogP contribution in [0.15, 0.2) is 0 Å². The first kappa shape index (κ1) is 34.0. The van der Waals surface area contributed by atoms with E-state index in [2.05, 4.69) is 27.7 Å². The fourth-order valence-corrected chi connectivity index (χ4v) is 5.51. The number of unbranched alkanes of at least 4 members (excludes halogenated alkanes) is 13. The van der Waals surface area contributed by atoms with E-state index in [1.54, 1.807) is 0 Å². The zero-order chi connectivity index (χ0) is 27.1. The van der Waals surface area contributed by atoms with Gasteiger partial charge >= 0.3 is 11.9 Å². The molecule has 1 saturated carbocycles. The third-order valence-electron chi connectivity index (χ3n) is 7.96. The molecule has 0 saturated heterocycles. The van der Waals surface area contributed by atoms with Crippen molar-refractivity contribution in [2.24, 2.45) is 23.7 Å². The van der Waals surface area contributed by atoms with Crippen molar-refractivity contribution >= 4 is 11.9 Å². The van der Waals surface area contributed by atoms with Crippen LogP contribution in [0, 0.1) is 23.7 Å². The molecule has 0 aromatic carbocycles. The lowest BCUT2D eigenvalue weighted by atomic mass is 9.79. The van der Waals surface area contributed by atoms with Crippen LogP contribution in [-0.2, 0) is 19.1 Å². The summed E-state index contributed by atoms with van der Waals surface area (Å²) in [6, 6.07) is 0. The van der Waals surface area contributed by atoms with Crippen LogP contribution in [0.4, 0.5) is 0 Å². The van der Waals surface area contributed by atoms with Gasteiger partial charge in [0.1, 0.15) is 0 Å². The molecule has 0 heterocycles. The molecule has 1 aliphatic rings. The van der Waals surface area contributed by atoms with Gasteiger partial charge in [0.25, 0.3) is 0 Å². The monoisotopic (exact) mass is 522 g/mol. The predicted molar refractivity (Wildman–Crippen MR) is 156 cm³/mol. The second-order valence-electron chi connectivity index (χ2n) is 12.5. The first-order chi connectivity index (χ1) is 17.9. The van der Waals surface area contributed by atoms with Crippen LogP contribution >= 0.6 is 0 Å². The summed E-state index contributed by atoms with van der Waals surface area (Å²) >= 11 is 0. The first-order valence-electron chi connectivity index (χ1n) is 16.2. The molecular formula is C33H62O4. The van der Waals surface area contributed by atoms with Crippen LogP contribution in [0.5, 0.6) is 0 Å². The number of carbonyl (C=O) groups excluding carboxylic acids is 2. The molecule has 2 unspecified atom stereocenters. The van der Waals surface area contributed by atoms with Gasteiger partial charge in [-0.1, -0.05) is 137 Å². The molecule has 0 bridgehead atoms. The van der Waals surface area contributed by atoms with Crippen molar-refractivity contribution in [2.75, 3.05) is 13.2 Å². The molecule has 0 aromatic heterocycles. The van der Waals surface area contributed by atoms with E-state index in [0.717, 1.165) is 63.2 Å². The molecule has 2 atom stereocenters. The van der Waals surface area contributed by atoms with Gasteiger partial charge in [0.2, 0.25) is 0 Å². The number of carbonyl (C=O) groups is 2. The van der Waals surface area contributed by atoms with Crippen LogP contribution in [-0.4, -0.2) is 25.2 Å². The van der Waals surface area contributed by atoms with Gasteiger partial charge in [0, 0.05) is 0 Å². The maximum Gasteiger partial charge on any atom is 0.309 e. The normalized spacial score (nSPS) is 17.9. The first-order valence-corrected chi connectivity index (χ1v) is 16.2. The lowest BCUT2D eigenvalue weighted by molar-refractivity contribution is -0.163. The molecule has 0 radical (unpaired) electrons. The van der Waals surface area contributed by atoms with E-state index in [4.69, 9.17) is 9.47 Å². The molecule has 218 valence electrons. The Bertz CT molecular complexity index is 557. The third-order valence-corrected chi connectivity index (χ3v) is 7.96. The minimum atomic E-state index is -0.307. The van der Waals surface area contributed by atoms with Gasteiger partial charge in [-0.2, -0.15) is 0 Å². The molecule has 4 nitrogen and oxygen atoms in total. The highest BCUT2D eigenvalue weighted by molar-refractivity contribution is 5.82. The average molecular weight is 523 g/mol. The Balaban J connectivity index is 2.08. The Morgan fingerprint density at radius 2 is 0.811 bits per heavy atom. The van der Waals surface area contributed by atoms with Gasteiger partial charge in [0.15, 0.2) is 0 Å². The Labute approximate surface area is 230 Å². The number of rotatable bonds is 23. The minimum absolute atomic E-state index is 0.177. The molecule has 0 spiro atoms. The maximum absolute atomic E-state index is 12.7. The summed E-state index contributed by atoms with van der Waals surface area (Å²) in [6.45, 7) is 10.2. The zero-order valence-electron chi connectivity index (χ0n) is 25.2. The predicted octanol–water partition coefficient (Wildman–Crippen LogP) is 9.82. The van der Waals surface area contributed by atoms with Gasteiger partial charge in [-0.25, -0.2) is 0 Å². The van der Waals surface area contributed by atoms with Crippen LogP contribution < -0.4 is 0 Å². The molecule has 0 aromatic rings. The summed E-state index contributed by atoms with van der Waals surface area (Å²) < 4.78 is 11.2. The molecule has 1 aliphatic carbocycles. The fraction of sp³-hybridized carbons (Fsp3) is 0.939. The standard InChI is InChI=1S/C33H62O4/c1-28(2)22-16-12-8-5-6-10-14-20-26-36-32(34)30-24-18-19-25-31(30)33(35)37-27-21-15-11-7-9-13-17-23-29(3)4/h28-31H,5-27H2,1-4H3. The second kappa shape index (κ2) is 22.9. The van der Waals surface area contributed by atoms with Crippen molar-refractivity contribution < 1.29 is 19.1 Å². The summed E-state index contributed by atoms with van der Waals surface area (Å²) in [4.78, 5) is 25.4. The van der Waals surface area contributed by atoms with Crippen molar-refractivity contribution in [3.8, 4) is 0 Å². The second-order valence-corrected chi connectivity index (χ2v) is 12.5. The van der Waals surface area contributed by atoms with E-state index in [9.17, 15) is 9.59 Å². The smallest absolute Gasteiger partial charge is 0.309 e. The summed E-state index contributed by atoms with van der Waals surface area (Å²) in [7, 11) is 0. The topological polar surface area (TPSA) is 52.6 Å². The van der Waals surface area contributed by atoms with E-state index in [1.165, 1.54) is 83.5 Å². The number of esters is 2. The Hall–Kier alpha value is -1.06. The van der Waals surface area contributed by atoms with Crippen molar-refractivity contribution in [1.29, 1.82) is 0 Å². The van der Waals surface area contributed by atoms with Gasteiger partial charge in [-0.15, -0.1) is 0 Å². The fourth-order valence-electron chi connectivity index (χ4n) is 5.51. The SMILES string of the molecule is CC(C)CCCCCCCCCCOC(=O)C1CCCCC1C(=O)OCCCCCCCCCC(C)C. The summed E-state index contributed by atoms with van der Waals surface area (Å²) in [5.41, 5.74) is 0. The number of ether oxygens (including phenoxy) is 2. The highest BCUT2D eigenvalue weighted by Gasteiger charge is 2.37. The Kier molecular flexibility index (Phi) is 21.0. The summed E-state index contributed by atoms with van der Waals surface area (Å²) in [5.74, 6) is 0.670. The average Bonchev–Trinajstić information content (AvgIpc) is 2.87. The molecule has 1 rings (SSSR count).